The highest BCUT2D eigenvalue weighted by Crippen LogP contribution is 2.22. The Morgan fingerprint density at radius 1 is 1.30 bits per heavy atom. The zero-order chi connectivity index (χ0) is 14.4. The molecule has 1 aromatic heterocycles. The number of aromatic nitrogens is 1. The van der Waals surface area contributed by atoms with Crippen molar-refractivity contribution in [3.8, 4) is 0 Å². The molecule has 0 atom stereocenters. The van der Waals surface area contributed by atoms with Crippen LogP contribution in [0.1, 0.15) is 54.6 Å². The summed E-state index contributed by atoms with van der Waals surface area (Å²) in [5.41, 5.74) is 1.51. The molecule has 20 heavy (non-hydrogen) atoms. The number of ether oxygens (including phenoxy) is 1. The molecule has 0 radical (unpaired) electrons. The van der Waals surface area contributed by atoms with Gasteiger partial charge in [-0.1, -0.05) is 25.7 Å². The third-order valence-electron chi connectivity index (χ3n) is 4.11. The van der Waals surface area contributed by atoms with E-state index < -0.39 is 0 Å². The Labute approximate surface area is 121 Å². The third-order valence-corrected chi connectivity index (χ3v) is 4.11. The van der Waals surface area contributed by atoms with E-state index in [1.165, 1.54) is 45.6 Å². The van der Waals surface area contributed by atoms with Crippen molar-refractivity contribution in [2.75, 3.05) is 14.2 Å². The van der Waals surface area contributed by atoms with Crippen LogP contribution in [-0.2, 0) is 11.3 Å². The fourth-order valence-corrected chi connectivity index (χ4v) is 2.84. The normalized spacial score (nSPS) is 16.9. The SMILES string of the molecule is COC(=O)c1ccc(CN(C)C2CCCCCC2)nc1. The lowest BCUT2D eigenvalue weighted by molar-refractivity contribution is 0.0600. The number of carbonyl (C=O) groups is 1. The van der Waals surface area contributed by atoms with Crippen molar-refractivity contribution < 1.29 is 9.53 Å². The molecule has 1 aliphatic carbocycles. The predicted molar refractivity (Wildman–Crippen MR) is 78.5 cm³/mol. The van der Waals surface area contributed by atoms with E-state index >= 15 is 0 Å². The van der Waals surface area contributed by atoms with Gasteiger partial charge in [0.05, 0.1) is 18.4 Å². The molecule has 4 nitrogen and oxygen atoms in total. The molecule has 4 heteroatoms. The molecule has 0 aromatic carbocycles. The lowest BCUT2D eigenvalue weighted by Gasteiger charge is -2.26. The van der Waals surface area contributed by atoms with Crippen LogP contribution in [0, 0.1) is 0 Å². The van der Waals surface area contributed by atoms with Crippen LogP contribution < -0.4 is 0 Å². The van der Waals surface area contributed by atoms with E-state index in [-0.39, 0.29) is 5.97 Å². The van der Waals surface area contributed by atoms with Crippen LogP contribution in [0.2, 0.25) is 0 Å². The van der Waals surface area contributed by atoms with E-state index in [1.807, 2.05) is 6.07 Å². The van der Waals surface area contributed by atoms with Crippen molar-refractivity contribution in [2.24, 2.45) is 0 Å². The maximum Gasteiger partial charge on any atom is 0.339 e. The van der Waals surface area contributed by atoms with Crippen LogP contribution in [0.25, 0.3) is 0 Å². The van der Waals surface area contributed by atoms with Gasteiger partial charge in [-0.15, -0.1) is 0 Å². The number of rotatable bonds is 4. The largest absolute Gasteiger partial charge is 0.465 e. The summed E-state index contributed by atoms with van der Waals surface area (Å²) < 4.78 is 4.68. The minimum atomic E-state index is -0.332. The van der Waals surface area contributed by atoms with Gasteiger partial charge in [-0.3, -0.25) is 9.88 Å². The second-order valence-corrected chi connectivity index (χ2v) is 5.59. The number of hydrogen-bond donors (Lipinski definition) is 0. The van der Waals surface area contributed by atoms with Crippen LogP contribution in [-0.4, -0.2) is 36.1 Å². The third kappa shape index (κ3) is 4.04. The minimum absolute atomic E-state index is 0.332. The Morgan fingerprint density at radius 3 is 2.55 bits per heavy atom. The molecule has 0 aliphatic heterocycles. The molecule has 1 saturated carbocycles. The second-order valence-electron chi connectivity index (χ2n) is 5.59. The molecule has 0 N–H and O–H groups in total. The van der Waals surface area contributed by atoms with Crippen molar-refractivity contribution >= 4 is 5.97 Å². The van der Waals surface area contributed by atoms with Gasteiger partial charge in [0.15, 0.2) is 0 Å². The van der Waals surface area contributed by atoms with Crippen molar-refractivity contribution in [2.45, 2.75) is 51.1 Å². The summed E-state index contributed by atoms with van der Waals surface area (Å²) in [6.07, 6.45) is 9.59. The molecule has 1 aliphatic rings. The number of hydrogen-bond acceptors (Lipinski definition) is 4. The van der Waals surface area contributed by atoms with E-state index in [1.54, 1.807) is 12.3 Å². The summed E-state index contributed by atoms with van der Waals surface area (Å²) >= 11 is 0. The minimum Gasteiger partial charge on any atom is -0.465 e. The molecule has 0 amide bonds. The van der Waals surface area contributed by atoms with Gasteiger partial charge >= 0.3 is 5.97 Å². The van der Waals surface area contributed by atoms with Gasteiger partial charge in [-0.25, -0.2) is 4.79 Å². The Kier molecular flexibility index (Phi) is 5.53. The summed E-state index contributed by atoms with van der Waals surface area (Å²) in [4.78, 5) is 18.1. The van der Waals surface area contributed by atoms with Crippen LogP contribution in [0.15, 0.2) is 18.3 Å². The molecule has 0 bridgehead atoms. The van der Waals surface area contributed by atoms with Gasteiger partial charge in [0.25, 0.3) is 0 Å². The Bertz CT molecular complexity index is 423. The number of esters is 1. The van der Waals surface area contributed by atoms with E-state index in [0.717, 1.165) is 12.2 Å². The summed E-state index contributed by atoms with van der Waals surface area (Å²) in [5.74, 6) is -0.332. The maximum absolute atomic E-state index is 11.4. The lowest BCUT2D eigenvalue weighted by Crippen LogP contribution is -2.31. The smallest absolute Gasteiger partial charge is 0.339 e. The first-order valence-corrected chi connectivity index (χ1v) is 7.44. The summed E-state index contributed by atoms with van der Waals surface area (Å²) in [7, 11) is 3.56. The van der Waals surface area contributed by atoms with Gasteiger partial charge in [0.1, 0.15) is 0 Å². The first-order chi connectivity index (χ1) is 9.70. The lowest BCUT2D eigenvalue weighted by atomic mass is 10.1. The van der Waals surface area contributed by atoms with Crippen LogP contribution >= 0.6 is 0 Å². The van der Waals surface area contributed by atoms with Gasteiger partial charge in [0, 0.05) is 18.8 Å². The van der Waals surface area contributed by atoms with Gasteiger partial charge in [0.2, 0.25) is 0 Å². The number of pyridine rings is 1. The molecule has 0 spiro atoms. The van der Waals surface area contributed by atoms with Gasteiger partial charge in [-0.05, 0) is 32.0 Å². The van der Waals surface area contributed by atoms with Crippen molar-refractivity contribution in [3.63, 3.8) is 0 Å². The Morgan fingerprint density at radius 2 is 2.00 bits per heavy atom. The topological polar surface area (TPSA) is 42.4 Å². The molecule has 1 heterocycles. The molecule has 1 aromatic rings. The molecule has 0 saturated heterocycles. The molecular formula is C16H24N2O2. The second kappa shape index (κ2) is 7.39. The molecule has 110 valence electrons. The van der Waals surface area contributed by atoms with E-state index in [9.17, 15) is 4.79 Å². The number of carbonyl (C=O) groups excluding carboxylic acids is 1. The van der Waals surface area contributed by atoms with Crippen molar-refractivity contribution in [3.05, 3.63) is 29.6 Å². The summed E-state index contributed by atoms with van der Waals surface area (Å²) in [6.45, 7) is 0.839. The maximum atomic E-state index is 11.4. The average molecular weight is 276 g/mol. The standard InChI is InChI=1S/C16H24N2O2/c1-18(15-7-5-3-4-6-8-15)12-14-10-9-13(11-17-14)16(19)20-2/h9-11,15H,3-8,12H2,1-2H3. The molecular weight excluding hydrogens is 252 g/mol. The zero-order valence-electron chi connectivity index (χ0n) is 12.5. The zero-order valence-corrected chi connectivity index (χ0v) is 12.5. The highest BCUT2D eigenvalue weighted by Gasteiger charge is 2.17. The van der Waals surface area contributed by atoms with Crippen molar-refractivity contribution in [1.29, 1.82) is 0 Å². The molecule has 0 unspecified atom stereocenters. The van der Waals surface area contributed by atoms with E-state index in [0.29, 0.717) is 11.6 Å². The van der Waals surface area contributed by atoms with E-state index in [4.69, 9.17) is 0 Å². The Balaban J connectivity index is 1.93. The van der Waals surface area contributed by atoms with Gasteiger partial charge < -0.3 is 4.74 Å². The number of nitrogens with zero attached hydrogens (tertiary/aromatic N) is 2. The first kappa shape index (κ1) is 15.0. The predicted octanol–water partition coefficient (Wildman–Crippen LogP) is 3.02. The summed E-state index contributed by atoms with van der Waals surface area (Å²) in [5, 5.41) is 0. The van der Waals surface area contributed by atoms with Gasteiger partial charge in [-0.2, -0.15) is 0 Å². The molecule has 2 rings (SSSR count). The van der Waals surface area contributed by atoms with Crippen LogP contribution in [0.4, 0.5) is 0 Å². The van der Waals surface area contributed by atoms with Crippen LogP contribution in [0.5, 0.6) is 0 Å². The van der Waals surface area contributed by atoms with Crippen molar-refractivity contribution in [1.82, 2.24) is 9.88 Å². The van der Waals surface area contributed by atoms with E-state index in [2.05, 4.69) is 21.7 Å². The first-order valence-electron chi connectivity index (χ1n) is 7.44. The highest BCUT2D eigenvalue weighted by atomic mass is 16.5. The quantitative estimate of drug-likeness (QED) is 0.626. The fourth-order valence-electron chi connectivity index (χ4n) is 2.84. The molecule has 1 fully saturated rings. The van der Waals surface area contributed by atoms with Crippen LogP contribution in [0.3, 0.4) is 0 Å². The summed E-state index contributed by atoms with van der Waals surface area (Å²) in [6, 6.07) is 4.37. The number of methoxy groups -OCH3 is 1. The fraction of sp³-hybridized carbons (Fsp3) is 0.625. The average Bonchev–Trinajstić information content (AvgIpc) is 2.76. The Hall–Kier alpha value is -1.42. The highest BCUT2D eigenvalue weighted by molar-refractivity contribution is 5.88. The monoisotopic (exact) mass is 276 g/mol.